The van der Waals surface area contributed by atoms with Gasteiger partial charge in [0.15, 0.2) is 0 Å². The Labute approximate surface area is 196 Å². The van der Waals surface area contributed by atoms with Gasteiger partial charge in [-0.3, -0.25) is 0 Å². The van der Waals surface area contributed by atoms with Crippen molar-refractivity contribution in [2.24, 2.45) is 5.92 Å². The molecule has 0 bridgehead atoms. The molecule has 1 atom stereocenters. The van der Waals surface area contributed by atoms with E-state index in [4.69, 9.17) is 0 Å². The number of carbonyl (C=O) groups excluding carboxylic acids is 1. The summed E-state index contributed by atoms with van der Waals surface area (Å²) in [6.07, 6.45) is 6.98. The first-order chi connectivity index (χ1) is 14.9. The van der Waals surface area contributed by atoms with Crippen molar-refractivity contribution in [2.75, 3.05) is 5.32 Å². The maximum Gasteiger partial charge on any atom is 0.322 e. The van der Waals surface area contributed by atoms with Crippen LogP contribution in [0.15, 0.2) is 41.0 Å². The van der Waals surface area contributed by atoms with E-state index in [0.717, 1.165) is 22.1 Å². The van der Waals surface area contributed by atoms with Crippen molar-refractivity contribution < 1.29 is 4.79 Å². The summed E-state index contributed by atoms with van der Waals surface area (Å²) in [5, 5.41) is 4.49. The third-order valence-corrected chi connectivity index (χ3v) is 8.75. The number of urea groups is 1. The molecule has 1 aromatic carbocycles. The van der Waals surface area contributed by atoms with Crippen LogP contribution in [0.4, 0.5) is 10.5 Å². The van der Waals surface area contributed by atoms with Gasteiger partial charge in [0.25, 0.3) is 0 Å². The van der Waals surface area contributed by atoms with Crippen LogP contribution < -0.4 is 5.32 Å². The van der Waals surface area contributed by atoms with Crippen LogP contribution >= 0.6 is 27.3 Å². The van der Waals surface area contributed by atoms with Crippen molar-refractivity contribution >= 4 is 39.0 Å². The molecular formula is C25H28BrN3OS. The summed E-state index contributed by atoms with van der Waals surface area (Å²) < 4.78 is 3.40. The number of aryl methyl sites for hydroxylation is 2. The SMILES string of the molecule is Cc1cc(NC(=O)N2Cc3c(sc4c3CCCC4)-n3cccc3[C@@H]2C(C)C)ccc1Br. The quantitative estimate of drug-likeness (QED) is 0.398. The highest BCUT2D eigenvalue weighted by molar-refractivity contribution is 9.10. The lowest BCUT2D eigenvalue weighted by molar-refractivity contribution is 0.161. The molecule has 0 saturated heterocycles. The van der Waals surface area contributed by atoms with Crippen LogP contribution in [0, 0.1) is 12.8 Å². The number of thiophene rings is 1. The molecule has 4 nitrogen and oxygen atoms in total. The van der Waals surface area contributed by atoms with Crippen molar-refractivity contribution in [1.29, 1.82) is 0 Å². The fourth-order valence-corrected chi connectivity index (χ4v) is 6.69. The van der Waals surface area contributed by atoms with Gasteiger partial charge in [-0.05, 0) is 80.0 Å². The molecular weight excluding hydrogens is 470 g/mol. The molecule has 2 aliphatic rings. The standard InChI is InChI=1S/C25H28BrN3OS/c1-15(2)23-21-8-6-12-28(21)24-19(18-7-4-5-9-22(18)31-24)14-29(23)25(30)27-17-10-11-20(26)16(3)13-17/h6,8,10-13,15,23H,4-5,7,9,14H2,1-3H3,(H,27,30)/t23-/m0/s1. The summed E-state index contributed by atoms with van der Waals surface area (Å²) in [5.74, 6) is 0.302. The van der Waals surface area contributed by atoms with Crippen LogP contribution in [0.25, 0.3) is 5.00 Å². The van der Waals surface area contributed by atoms with E-state index in [1.165, 1.54) is 46.0 Å². The number of halogens is 1. The van der Waals surface area contributed by atoms with Gasteiger partial charge < -0.3 is 14.8 Å². The zero-order chi connectivity index (χ0) is 21.7. The van der Waals surface area contributed by atoms with Crippen molar-refractivity contribution in [2.45, 2.75) is 59.0 Å². The number of nitrogens with zero attached hydrogens (tertiary/aromatic N) is 2. The number of benzene rings is 1. The minimum atomic E-state index is -0.0308. The number of aromatic nitrogens is 1. The Morgan fingerprint density at radius 1 is 1.19 bits per heavy atom. The molecule has 2 amide bonds. The first-order valence-corrected chi connectivity index (χ1v) is 12.7. The zero-order valence-electron chi connectivity index (χ0n) is 18.2. The summed E-state index contributed by atoms with van der Waals surface area (Å²) >= 11 is 5.48. The normalized spacial score (nSPS) is 17.7. The predicted molar refractivity (Wildman–Crippen MR) is 131 cm³/mol. The van der Waals surface area contributed by atoms with Gasteiger partial charge in [-0.15, -0.1) is 11.3 Å². The number of hydrogen-bond donors (Lipinski definition) is 1. The van der Waals surface area contributed by atoms with Gasteiger partial charge in [0, 0.05) is 32.5 Å². The minimum absolute atomic E-state index is 0.0189. The molecule has 6 heteroatoms. The van der Waals surface area contributed by atoms with Crippen LogP contribution in [0.3, 0.4) is 0 Å². The largest absolute Gasteiger partial charge is 0.322 e. The number of amides is 2. The lowest BCUT2D eigenvalue weighted by Crippen LogP contribution is -2.39. The number of hydrogen-bond acceptors (Lipinski definition) is 2. The Hall–Kier alpha value is -2.05. The first-order valence-electron chi connectivity index (χ1n) is 11.1. The molecule has 1 aliphatic carbocycles. The highest BCUT2D eigenvalue weighted by Gasteiger charge is 2.36. The minimum Gasteiger partial charge on any atom is -0.311 e. The van der Waals surface area contributed by atoms with E-state index in [2.05, 4.69) is 62.9 Å². The molecule has 0 radical (unpaired) electrons. The number of nitrogens with one attached hydrogen (secondary N) is 1. The number of carbonyl (C=O) groups is 1. The van der Waals surface area contributed by atoms with Gasteiger partial charge in [-0.25, -0.2) is 4.79 Å². The molecule has 5 rings (SSSR count). The van der Waals surface area contributed by atoms with E-state index in [1.807, 2.05) is 36.5 Å². The van der Waals surface area contributed by atoms with Crippen LogP contribution in [-0.2, 0) is 19.4 Å². The Balaban J connectivity index is 1.58. The molecule has 3 aromatic rings. The Morgan fingerprint density at radius 3 is 2.77 bits per heavy atom. The highest BCUT2D eigenvalue weighted by atomic mass is 79.9. The third kappa shape index (κ3) is 3.64. The second-order valence-corrected chi connectivity index (χ2v) is 10.9. The molecule has 0 saturated carbocycles. The molecule has 2 aromatic heterocycles. The summed E-state index contributed by atoms with van der Waals surface area (Å²) in [6, 6.07) is 10.3. The van der Waals surface area contributed by atoms with Crippen molar-refractivity contribution in [3.63, 3.8) is 0 Å². The van der Waals surface area contributed by atoms with E-state index in [0.29, 0.717) is 12.5 Å². The van der Waals surface area contributed by atoms with Crippen LogP contribution in [0.2, 0.25) is 0 Å². The molecule has 0 spiro atoms. The van der Waals surface area contributed by atoms with Crippen LogP contribution in [0.5, 0.6) is 0 Å². The Morgan fingerprint density at radius 2 is 2.00 bits per heavy atom. The van der Waals surface area contributed by atoms with Gasteiger partial charge in [0.05, 0.1) is 12.6 Å². The fraction of sp³-hybridized carbons (Fsp3) is 0.400. The topological polar surface area (TPSA) is 37.3 Å². The monoisotopic (exact) mass is 497 g/mol. The van der Waals surface area contributed by atoms with E-state index in [-0.39, 0.29) is 12.1 Å². The zero-order valence-corrected chi connectivity index (χ0v) is 20.6. The molecule has 0 fully saturated rings. The van der Waals surface area contributed by atoms with Crippen LogP contribution in [0.1, 0.15) is 60.0 Å². The summed E-state index contributed by atoms with van der Waals surface area (Å²) in [5.41, 5.74) is 5.99. The molecule has 1 N–H and O–H groups in total. The van der Waals surface area contributed by atoms with E-state index in [1.54, 1.807) is 0 Å². The van der Waals surface area contributed by atoms with Gasteiger partial charge >= 0.3 is 6.03 Å². The van der Waals surface area contributed by atoms with E-state index in [9.17, 15) is 4.79 Å². The van der Waals surface area contributed by atoms with E-state index < -0.39 is 0 Å². The van der Waals surface area contributed by atoms with Crippen molar-refractivity contribution in [1.82, 2.24) is 9.47 Å². The summed E-state index contributed by atoms with van der Waals surface area (Å²) in [4.78, 5) is 17.2. The van der Waals surface area contributed by atoms with Crippen molar-refractivity contribution in [3.05, 3.63) is 68.3 Å². The first kappa shape index (κ1) is 20.8. The van der Waals surface area contributed by atoms with Gasteiger partial charge in [0.2, 0.25) is 0 Å². The van der Waals surface area contributed by atoms with Crippen molar-refractivity contribution in [3.8, 4) is 5.00 Å². The lowest BCUT2D eigenvalue weighted by Gasteiger charge is -2.33. The van der Waals surface area contributed by atoms with Gasteiger partial charge in [-0.2, -0.15) is 0 Å². The maximum atomic E-state index is 13.7. The molecule has 3 heterocycles. The average Bonchev–Trinajstić information content (AvgIpc) is 3.32. The summed E-state index contributed by atoms with van der Waals surface area (Å²) in [7, 11) is 0. The smallest absolute Gasteiger partial charge is 0.311 e. The number of anilines is 1. The predicted octanol–water partition coefficient (Wildman–Crippen LogP) is 7.23. The molecule has 162 valence electrons. The van der Waals surface area contributed by atoms with Crippen LogP contribution in [-0.4, -0.2) is 15.5 Å². The third-order valence-electron chi connectivity index (χ3n) is 6.53. The number of fused-ring (bicyclic) bond motifs is 5. The second kappa shape index (κ2) is 8.14. The number of rotatable bonds is 2. The Kier molecular flexibility index (Phi) is 5.47. The molecule has 0 unspecified atom stereocenters. The molecule has 31 heavy (non-hydrogen) atoms. The van der Waals surface area contributed by atoms with Gasteiger partial charge in [0.1, 0.15) is 5.00 Å². The fourth-order valence-electron chi connectivity index (χ4n) is 5.04. The summed E-state index contributed by atoms with van der Waals surface area (Å²) in [6.45, 7) is 7.12. The molecule has 1 aliphatic heterocycles. The lowest BCUT2D eigenvalue weighted by atomic mass is 9.94. The van der Waals surface area contributed by atoms with E-state index >= 15 is 0 Å². The second-order valence-electron chi connectivity index (χ2n) is 9.01. The highest BCUT2D eigenvalue weighted by Crippen LogP contribution is 2.44. The van der Waals surface area contributed by atoms with Gasteiger partial charge in [-0.1, -0.05) is 29.8 Å². The Bertz CT molecular complexity index is 1150. The average molecular weight is 498 g/mol. The maximum absolute atomic E-state index is 13.7.